The van der Waals surface area contributed by atoms with Crippen molar-refractivity contribution in [3.63, 3.8) is 0 Å². The van der Waals surface area contributed by atoms with Crippen molar-refractivity contribution in [2.45, 2.75) is 64.1 Å². The number of halogens is 3. The minimum atomic E-state index is 0.288. The molecule has 4 fully saturated rings. The average Bonchev–Trinajstić information content (AvgIpc) is 2.73. The van der Waals surface area contributed by atoms with Crippen LogP contribution in [0.15, 0.2) is 34.8 Å². The van der Waals surface area contributed by atoms with E-state index in [1.165, 1.54) is 44.1 Å². The first-order valence-corrected chi connectivity index (χ1v) is 13.3. The molecule has 32 heavy (non-hydrogen) atoms. The van der Waals surface area contributed by atoms with E-state index in [9.17, 15) is 0 Å². The summed E-state index contributed by atoms with van der Waals surface area (Å²) in [7, 11) is 0. The monoisotopic (exact) mass is 537 g/mol. The predicted molar refractivity (Wildman–Crippen MR) is 134 cm³/mol. The molecule has 1 N–H and O–H groups in total. The molecule has 2 aromatic rings. The smallest absolute Gasteiger partial charge is 0.162 e. The Hall–Kier alpha value is -0.940. The maximum atomic E-state index is 6.31. The van der Waals surface area contributed by atoms with Gasteiger partial charge in [-0.15, -0.1) is 0 Å². The van der Waals surface area contributed by atoms with Crippen molar-refractivity contribution in [3.05, 3.63) is 56.0 Å². The van der Waals surface area contributed by atoms with Gasteiger partial charge in [0.1, 0.15) is 6.61 Å². The topological polar surface area (TPSA) is 30.5 Å². The minimum Gasteiger partial charge on any atom is -0.490 e. The lowest BCUT2D eigenvalue weighted by atomic mass is 9.53. The fourth-order valence-electron chi connectivity index (χ4n) is 6.52. The maximum Gasteiger partial charge on any atom is 0.162 e. The molecule has 4 bridgehead atoms. The van der Waals surface area contributed by atoms with Crippen molar-refractivity contribution >= 4 is 39.1 Å². The largest absolute Gasteiger partial charge is 0.490 e. The highest BCUT2D eigenvalue weighted by Gasteiger charge is 2.50. The summed E-state index contributed by atoms with van der Waals surface area (Å²) in [5, 5.41) is 5.19. The van der Waals surface area contributed by atoms with Crippen molar-refractivity contribution in [2.75, 3.05) is 6.61 Å². The van der Waals surface area contributed by atoms with Crippen molar-refractivity contribution in [1.82, 2.24) is 5.32 Å². The molecule has 3 nitrogen and oxygen atoms in total. The summed E-state index contributed by atoms with van der Waals surface area (Å²) < 4.78 is 13.1. The van der Waals surface area contributed by atoms with Crippen LogP contribution in [0.25, 0.3) is 0 Å². The molecule has 4 aliphatic carbocycles. The van der Waals surface area contributed by atoms with E-state index in [1.807, 2.05) is 31.2 Å². The third kappa shape index (κ3) is 4.66. The Bertz CT molecular complexity index is 940. The van der Waals surface area contributed by atoms with E-state index >= 15 is 0 Å². The molecular formula is C26H30BrCl2NO2. The second-order valence-electron chi connectivity index (χ2n) is 9.86. The summed E-state index contributed by atoms with van der Waals surface area (Å²) in [5.74, 6) is 4.24. The molecule has 4 saturated carbocycles. The Balaban J connectivity index is 1.31. The third-order valence-corrected chi connectivity index (χ3v) is 8.98. The Labute approximate surface area is 209 Å². The van der Waals surface area contributed by atoms with Crippen molar-refractivity contribution in [1.29, 1.82) is 0 Å². The molecule has 0 radical (unpaired) electrons. The zero-order valence-electron chi connectivity index (χ0n) is 18.4. The first kappa shape index (κ1) is 22.8. The van der Waals surface area contributed by atoms with Gasteiger partial charge >= 0.3 is 0 Å². The summed E-state index contributed by atoms with van der Waals surface area (Å²) in [6.07, 6.45) is 8.40. The second kappa shape index (κ2) is 9.37. The van der Waals surface area contributed by atoms with Crippen molar-refractivity contribution < 1.29 is 9.47 Å². The molecule has 4 aliphatic rings. The Morgan fingerprint density at radius 3 is 2.16 bits per heavy atom. The molecule has 0 aliphatic heterocycles. The van der Waals surface area contributed by atoms with E-state index in [0.29, 0.717) is 27.9 Å². The minimum absolute atomic E-state index is 0.288. The van der Waals surface area contributed by atoms with Crippen LogP contribution in [0.3, 0.4) is 0 Å². The Kier molecular flexibility index (Phi) is 6.68. The highest BCUT2D eigenvalue weighted by atomic mass is 79.9. The van der Waals surface area contributed by atoms with Crippen LogP contribution in [0.4, 0.5) is 0 Å². The summed E-state index contributed by atoms with van der Waals surface area (Å²) in [4.78, 5) is 0. The lowest BCUT2D eigenvalue weighted by Crippen LogP contribution is -2.58. The van der Waals surface area contributed by atoms with Crippen LogP contribution in [-0.4, -0.2) is 12.1 Å². The van der Waals surface area contributed by atoms with Gasteiger partial charge in [0.25, 0.3) is 0 Å². The molecule has 0 aromatic heterocycles. The van der Waals surface area contributed by atoms with Gasteiger partial charge in [0.15, 0.2) is 11.5 Å². The van der Waals surface area contributed by atoms with E-state index in [0.717, 1.165) is 40.1 Å². The van der Waals surface area contributed by atoms with Crippen LogP contribution in [0.5, 0.6) is 11.5 Å². The number of hydrogen-bond acceptors (Lipinski definition) is 3. The fourth-order valence-corrected chi connectivity index (χ4v) is 7.49. The number of nitrogens with one attached hydrogen (secondary N) is 1. The molecule has 2 aromatic carbocycles. The van der Waals surface area contributed by atoms with E-state index in [4.69, 9.17) is 32.7 Å². The van der Waals surface area contributed by atoms with E-state index in [2.05, 4.69) is 27.3 Å². The van der Waals surface area contributed by atoms with Crippen LogP contribution in [0.1, 0.15) is 56.6 Å². The SMILES string of the molecule is CCOc1cc(CNC23CC4CC(CC(C4)C2)C3)c(Br)cc1OCc1c(Cl)cccc1Cl. The molecule has 0 heterocycles. The third-order valence-electron chi connectivity index (χ3n) is 7.54. The van der Waals surface area contributed by atoms with Crippen LogP contribution in [-0.2, 0) is 13.2 Å². The highest BCUT2D eigenvalue weighted by Crippen LogP contribution is 2.55. The number of rotatable bonds is 8. The lowest BCUT2D eigenvalue weighted by molar-refractivity contribution is -0.0206. The van der Waals surface area contributed by atoms with Gasteiger partial charge in [-0.3, -0.25) is 0 Å². The second-order valence-corrected chi connectivity index (χ2v) is 11.5. The Morgan fingerprint density at radius 1 is 0.969 bits per heavy atom. The Morgan fingerprint density at radius 2 is 1.56 bits per heavy atom. The number of ether oxygens (including phenoxy) is 2. The molecule has 0 atom stereocenters. The average molecular weight is 539 g/mol. The maximum absolute atomic E-state index is 6.31. The van der Waals surface area contributed by atoms with Crippen LogP contribution in [0.2, 0.25) is 10.0 Å². The number of hydrogen-bond donors (Lipinski definition) is 1. The summed E-state index contributed by atoms with van der Waals surface area (Å²) in [6.45, 7) is 3.69. The van der Waals surface area contributed by atoms with Gasteiger partial charge in [-0.2, -0.15) is 0 Å². The number of benzene rings is 2. The van der Waals surface area contributed by atoms with Gasteiger partial charge in [-0.05, 0) is 93.0 Å². The van der Waals surface area contributed by atoms with Gasteiger partial charge in [0.2, 0.25) is 0 Å². The molecule has 172 valence electrons. The first-order chi connectivity index (χ1) is 15.4. The van der Waals surface area contributed by atoms with Gasteiger partial charge < -0.3 is 14.8 Å². The summed E-state index contributed by atoms with van der Waals surface area (Å²) >= 11 is 16.4. The fraction of sp³-hybridized carbons (Fsp3) is 0.538. The van der Waals surface area contributed by atoms with Crippen LogP contribution >= 0.6 is 39.1 Å². The standard InChI is InChI=1S/C26H30BrCl2NO2/c1-2-31-24-9-19(14-30-26-11-16-6-17(12-26)8-18(7-16)13-26)21(27)10-25(24)32-15-20-22(28)4-3-5-23(20)29/h3-5,9-10,16-18,30H,2,6-8,11-15H2,1H3. The zero-order valence-corrected chi connectivity index (χ0v) is 21.5. The van der Waals surface area contributed by atoms with Crippen molar-refractivity contribution in [3.8, 4) is 11.5 Å². The molecule has 6 rings (SSSR count). The van der Waals surface area contributed by atoms with Gasteiger partial charge in [-0.1, -0.05) is 45.2 Å². The van der Waals surface area contributed by atoms with Crippen molar-refractivity contribution in [2.24, 2.45) is 17.8 Å². The molecule has 6 heteroatoms. The zero-order chi connectivity index (χ0) is 22.3. The molecule has 0 spiro atoms. The highest BCUT2D eigenvalue weighted by molar-refractivity contribution is 9.10. The van der Waals surface area contributed by atoms with Gasteiger partial charge in [0.05, 0.1) is 6.61 Å². The summed E-state index contributed by atoms with van der Waals surface area (Å²) in [5.41, 5.74) is 2.31. The normalized spacial score (nSPS) is 28.2. The first-order valence-electron chi connectivity index (χ1n) is 11.7. The van der Waals surface area contributed by atoms with Gasteiger partial charge in [-0.25, -0.2) is 0 Å². The van der Waals surface area contributed by atoms with E-state index in [1.54, 1.807) is 0 Å². The molecule has 0 unspecified atom stereocenters. The lowest BCUT2D eigenvalue weighted by Gasteiger charge is -2.57. The van der Waals surface area contributed by atoms with E-state index in [-0.39, 0.29) is 6.61 Å². The predicted octanol–water partition coefficient (Wildman–Crippen LogP) is 7.79. The molecular weight excluding hydrogens is 509 g/mol. The quantitative estimate of drug-likeness (QED) is 0.372. The van der Waals surface area contributed by atoms with Crippen LogP contribution < -0.4 is 14.8 Å². The summed E-state index contributed by atoms with van der Waals surface area (Å²) in [6, 6.07) is 9.59. The van der Waals surface area contributed by atoms with Crippen LogP contribution in [0, 0.1) is 17.8 Å². The van der Waals surface area contributed by atoms with E-state index < -0.39 is 0 Å². The molecule has 0 amide bonds. The molecule has 0 saturated heterocycles. The van der Waals surface area contributed by atoms with Gasteiger partial charge in [0, 0.05) is 32.2 Å².